The van der Waals surface area contributed by atoms with Crippen molar-refractivity contribution in [1.29, 1.82) is 5.26 Å². The Kier molecular flexibility index (Phi) is 4.37. The number of fused-ring (bicyclic) bond motifs is 1. The minimum atomic E-state index is -5.09. The number of nitrogens with zero attached hydrogens (tertiary/aromatic N) is 2. The predicted octanol–water partition coefficient (Wildman–Crippen LogP) is 2.77. The summed E-state index contributed by atoms with van der Waals surface area (Å²) in [6.07, 6.45) is -5.09. The molecule has 0 saturated carbocycles. The summed E-state index contributed by atoms with van der Waals surface area (Å²) in [5.41, 5.74) is 0.239. The van der Waals surface area contributed by atoms with Gasteiger partial charge in [-0.25, -0.2) is 9.37 Å². The first-order chi connectivity index (χ1) is 12.6. The number of pyridine rings is 1. The van der Waals surface area contributed by atoms with E-state index in [2.05, 4.69) is 4.98 Å². The molecule has 0 radical (unpaired) electrons. The first-order valence-corrected chi connectivity index (χ1v) is 7.91. The summed E-state index contributed by atoms with van der Waals surface area (Å²) < 4.78 is 59.2. The Hall–Kier alpha value is -2.70. The maximum Gasteiger partial charge on any atom is 0.424 e. The molecule has 1 unspecified atom stereocenters. The fraction of sp³-hybridized carbons (Fsp3) is 0.333. The number of aliphatic hydroxyl groups is 1. The molecule has 2 atom stereocenters. The molecule has 0 bridgehead atoms. The van der Waals surface area contributed by atoms with E-state index in [4.69, 9.17) is 10.5 Å². The van der Waals surface area contributed by atoms with Crippen molar-refractivity contribution >= 4 is 0 Å². The minimum absolute atomic E-state index is 0.0300. The van der Waals surface area contributed by atoms with E-state index in [9.17, 15) is 27.9 Å². The van der Waals surface area contributed by atoms with Crippen LogP contribution in [0.5, 0.6) is 5.75 Å². The van der Waals surface area contributed by atoms with E-state index in [1.165, 1.54) is 19.1 Å². The zero-order chi connectivity index (χ0) is 20.0. The second-order valence-corrected chi connectivity index (χ2v) is 6.53. The van der Waals surface area contributed by atoms with Crippen molar-refractivity contribution < 1.29 is 27.4 Å². The standard InChI is InChI=1S/C18H15F4N3O2/c1-16(7-23)9-27-15-12(16)6-13(17(26,8-24)18(20,21)22)25-14(15)10-2-4-11(19)5-3-10/h2-6,26H,8-9,24H2,1H3/t16?,17-/m0/s1. The molecule has 0 spiro atoms. The average molecular weight is 381 g/mol. The topological polar surface area (TPSA) is 92.2 Å². The van der Waals surface area contributed by atoms with Crippen molar-refractivity contribution in [2.75, 3.05) is 13.2 Å². The van der Waals surface area contributed by atoms with Crippen LogP contribution in [0, 0.1) is 17.1 Å². The molecular formula is C18H15F4N3O2. The molecule has 5 nitrogen and oxygen atoms in total. The van der Waals surface area contributed by atoms with E-state index in [1.807, 2.05) is 6.07 Å². The summed E-state index contributed by atoms with van der Waals surface area (Å²) >= 11 is 0. The monoisotopic (exact) mass is 381 g/mol. The second kappa shape index (κ2) is 6.18. The highest BCUT2D eigenvalue weighted by molar-refractivity contribution is 5.71. The quantitative estimate of drug-likeness (QED) is 0.798. The summed E-state index contributed by atoms with van der Waals surface area (Å²) in [4.78, 5) is 3.95. The Bertz CT molecular complexity index is 924. The number of hydrogen-bond donors (Lipinski definition) is 2. The van der Waals surface area contributed by atoms with Crippen molar-refractivity contribution in [1.82, 2.24) is 4.98 Å². The van der Waals surface area contributed by atoms with Crippen LogP contribution in [0.2, 0.25) is 0 Å². The lowest BCUT2D eigenvalue weighted by Gasteiger charge is -2.29. The molecule has 2 aromatic rings. The fourth-order valence-electron chi connectivity index (χ4n) is 2.86. The Morgan fingerprint density at radius 1 is 1.33 bits per heavy atom. The number of benzene rings is 1. The van der Waals surface area contributed by atoms with Gasteiger partial charge in [-0.1, -0.05) is 0 Å². The van der Waals surface area contributed by atoms with Crippen molar-refractivity contribution in [3.63, 3.8) is 0 Å². The van der Waals surface area contributed by atoms with Crippen molar-refractivity contribution in [2.24, 2.45) is 5.73 Å². The van der Waals surface area contributed by atoms with Gasteiger partial charge in [-0.3, -0.25) is 0 Å². The van der Waals surface area contributed by atoms with Crippen LogP contribution in [0.4, 0.5) is 17.6 Å². The summed E-state index contributed by atoms with van der Waals surface area (Å²) in [5.74, 6) is -0.418. The predicted molar refractivity (Wildman–Crippen MR) is 87.1 cm³/mol. The zero-order valence-corrected chi connectivity index (χ0v) is 14.1. The fourth-order valence-corrected chi connectivity index (χ4v) is 2.86. The smallest absolute Gasteiger partial charge is 0.424 e. The van der Waals surface area contributed by atoms with E-state index in [0.29, 0.717) is 0 Å². The molecular weight excluding hydrogens is 366 g/mol. The van der Waals surface area contributed by atoms with Gasteiger partial charge in [-0.2, -0.15) is 18.4 Å². The third kappa shape index (κ3) is 2.91. The van der Waals surface area contributed by atoms with E-state index >= 15 is 0 Å². The Balaban J connectivity index is 2.32. The van der Waals surface area contributed by atoms with Gasteiger partial charge >= 0.3 is 6.18 Å². The van der Waals surface area contributed by atoms with Crippen LogP contribution in [0.3, 0.4) is 0 Å². The van der Waals surface area contributed by atoms with E-state index in [-0.39, 0.29) is 29.2 Å². The molecule has 1 aliphatic heterocycles. The Morgan fingerprint density at radius 3 is 2.48 bits per heavy atom. The molecule has 142 valence electrons. The second-order valence-electron chi connectivity index (χ2n) is 6.53. The first kappa shape index (κ1) is 19.1. The lowest BCUT2D eigenvalue weighted by molar-refractivity contribution is -0.263. The number of aromatic nitrogens is 1. The van der Waals surface area contributed by atoms with E-state index in [0.717, 1.165) is 18.2 Å². The van der Waals surface area contributed by atoms with Crippen molar-refractivity contribution in [3.8, 4) is 23.1 Å². The highest BCUT2D eigenvalue weighted by Crippen LogP contribution is 2.47. The van der Waals surface area contributed by atoms with Gasteiger partial charge in [0.2, 0.25) is 5.60 Å². The lowest BCUT2D eigenvalue weighted by atomic mass is 9.83. The zero-order valence-electron chi connectivity index (χ0n) is 14.1. The van der Waals surface area contributed by atoms with Crippen LogP contribution in [0.15, 0.2) is 30.3 Å². The number of hydrogen-bond acceptors (Lipinski definition) is 5. The van der Waals surface area contributed by atoms with Gasteiger partial charge in [0.05, 0.1) is 11.8 Å². The van der Waals surface area contributed by atoms with Gasteiger partial charge in [0.25, 0.3) is 0 Å². The summed E-state index contributed by atoms with van der Waals surface area (Å²) in [5, 5.41) is 19.7. The maximum atomic E-state index is 13.5. The van der Waals surface area contributed by atoms with Crippen LogP contribution in [0.25, 0.3) is 11.3 Å². The largest absolute Gasteiger partial charge is 0.489 e. The number of nitrogens with two attached hydrogens (primary N) is 1. The van der Waals surface area contributed by atoms with Crippen LogP contribution < -0.4 is 10.5 Å². The lowest BCUT2D eigenvalue weighted by Crippen LogP contribution is -2.49. The summed E-state index contributed by atoms with van der Waals surface area (Å²) in [6, 6.07) is 7.89. The highest BCUT2D eigenvalue weighted by atomic mass is 19.4. The van der Waals surface area contributed by atoms with Gasteiger partial charge in [0.1, 0.15) is 23.5 Å². The first-order valence-electron chi connectivity index (χ1n) is 7.91. The molecule has 1 aromatic carbocycles. The third-order valence-electron chi connectivity index (χ3n) is 4.63. The van der Waals surface area contributed by atoms with E-state index in [1.54, 1.807) is 0 Å². The van der Waals surface area contributed by atoms with Crippen LogP contribution >= 0.6 is 0 Å². The Labute approximate surface area is 152 Å². The molecule has 0 saturated heterocycles. The number of ether oxygens (including phenoxy) is 1. The van der Waals surface area contributed by atoms with Gasteiger partial charge in [0.15, 0.2) is 5.75 Å². The molecule has 0 fully saturated rings. The molecule has 0 aliphatic carbocycles. The molecule has 2 heterocycles. The van der Waals surface area contributed by atoms with Gasteiger partial charge < -0.3 is 15.6 Å². The molecule has 9 heteroatoms. The van der Waals surface area contributed by atoms with Crippen LogP contribution in [0.1, 0.15) is 18.2 Å². The van der Waals surface area contributed by atoms with Gasteiger partial charge in [-0.05, 0) is 37.3 Å². The van der Waals surface area contributed by atoms with Crippen molar-refractivity contribution in [3.05, 3.63) is 47.4 Å². The van der Waals surface area contributed by atoms with E-state index < -0.39 is 35.2 Å². The summed E-state index contributed by atoms with van der Waals surface area (Å²) in [7, 11) is 0. The number of nitriles is 1. The van der Waals surface area contributed by atoms with Crippen LogP contribution in [-0.2, 0) is 11.0 Å². The molecule has 0 amide bonds. The summed E-state index contributed by atoms with van der Waals surface area (Å²) in [6.45, 7) is 0.257. The number of alkyl halides is 3. The SMILES string of the molecule is CC1(C#N)COc2c1cc([C@@](O)(CN)C(F)(F)F)nc2-c1ccc(F)cc1. The van der Waals surface area contributed by atoms with Gasteiger partial charge in [-0.15, -0.1) is 0 Å². The third-order valence-corrected chi connectivity index (χ3v) is 4.63. The minimum Gasteiger partial charge on any atom is -0.489 e. The average Bonchev–Trinajstić information content (AvgIpc) is 2.98. The molecule has 27 heavy (non-hydrogen) atoms. The number of rotatable bonds is 3. The Morgan fingerprint density at radius 2 is 1.96 bits per heavy atom. The molecule has 1 aliphatic rings. The molecule has 3 rings (SSSR count). The maximum absolute atomic E-state index is 13.5. The van der Waals surface area contributed by atoms with Crippen LogP contribution in [-0.4, -0.2) is 29.4 Å². The van der Waals surface area contributed by atoms with Crippen molar-refractivity contribution in [2.45, 2.75) is 24.1 Å². The highest BCUT2D eigenvalue weighted by Gasteiger charge is 2.56. The molecule has 3 N–H and O–H groups in total. The van der Waals surface area contributed by atoms with Gasteiger partial charge in [0, 0.05) is 17.7 Å². The molecule has 1 aromatic heterocycles. The normalized spacial score (nSPS) is 21.1. The number of halogens is 4.